The largest absolute Gasteiger partial charge is 0.444 e. The van der Waals surface area contributed by atoms with Gasteiger partial charge in [-0.1, -0.05) is 12.1 Å². The number of amides is 1. The molecular weight excluding hydrogens is 562 g/mol. The maximum absolute atomic E-state index is 13.8. The van der Waals surface area contributed by atoms with Gasteiger partial charge in [0.1, 0.15) is 22.9 Å². The Bertz CT molecular complexity index is 1810. The van der Waals surface area contributed by atoms with Gasteiger partial charge in [-0.2, -0.15) is 5.10 Å². The summed E-state index contributed by atoms with van der Waals surface area (Å²) >= 11 is 0. The van der Waals surface area contributed by atoms with Crippen molar-refractivity contribution in [3.8, 4) is 22.3 Å². The fourth-order valence-electron chi connectivity index (χ4n) is 5.82. The van der Waals surface area contributed by atoms with E-state index in [4.69, 9.17) is 14.8 Å². The van der Waals surface area contributed by atoms with Crippen molar-refractivity contribution in [1.29, 1.82) is 0 Å². The Morgan fingerprint density at radius 3 is 2.30 bits per heavy atom. The van der Waals surface area contributed by atoms with Crippen LogP contribution in [0.25, 0.3) is 33.3 Å². The highest BCUT2D eigenvalue weighted by atomic mass is 19.1. The number of aryl methyl sites for hydroxylation is 1. The summed E-state index contributed by atoms with van der Waals surface area (Å²) in [7, 11) is 0. The van der Waals surface area contributed by atoms with Crippen LogP contribution in [0.4, 0.5) is 19.3 Å². The van der Waals surface area contributed by atoms with Gasteiger partial charge in [0.05, 0.1) is 12.2 Å². The van der Waals surface area contributed by atoms with E-state index in [1.165, 1.54) is 12.1 Å². The first-order valence-corrected chi connectivity index (χ1v) is 14.7. The molecule has 0 saturated carbocycles. The SMILES string of the molecule is Cc1nn(Cc2cc(F)cc(F)c2)c(C)c1-c1c[nH]c2ncc(-c3ccc(N4CCN(C(=O)OC(C)(C)C)CC4)cc3)cc12. The third kappa shape index (κ3) is 6.02. The molecule has 0 atom stereocenters. The molecule has 5 aromatic rings. The minimum atomic E-state index is -0.606. The van der Waals surface area contributed by atoms with Crippen LogP contribution in [0.15, 0.2) is 60.9 Å². The summed E-state index contributed by atoms with van der Waals surface area (Å²) in [6.45, 7) is 12.5. The van der Waals surface area contributed by atoms with E-state index in [0.29, 0.717) is 18.7 Å². The fourth-order valence-corrected chi connectivity index (χ4v) is 5.82. The number of carbonyl (C=O) groups excluding carboxylic acids is 1. The minimum Gasteiger partial charge on any atom is -0.444 e. The smallest absolute Gasteiger partial charge is 0.410 e. The number of hydrogen-bond donors (Lipinski definition) is 1. The number of nitrogens with zero attached hydrogens (tertiary/aromatic N) is 5. The molecule has 10 heteroatoms. The van der Waals surface area contributed by atoms with Crippen LogP contribution in [0.2, 0.25) is 0 Å². The third-order valence-corrected chi connectivity index (χ3v) is 7.93. The number of aromatic amines is 1. The number of H-pyrrole nitrogens is 1. The maximum Gasteiger partial charge on any atom is 0.410 e. The zero-order valence-corrected chi connectivity index (χ0v) is 25.6. The summed E-state index contributed by atoms with van der Waals surface area (Å²) in [5, 5.41) is 5.66. The molecule has 0 radical (unpaired) electrons. The van der Waals surface area contributed by atoms with E-state index in [1.807, 2.05) is 47.0 Å². The maximum atomic E-state index is 13.8. The summed E-state index contributed by atoms with van der Waals surface area (Å²) < 4.78 is 34.9. The quantitative estimate of drug-likeness (QED) is 0.234. The molecule has 4 heterocycles. The summed E-state index contributed by atoms with van der Waals surface area (Å²) in [6, 6.07) is 14.1. The Morgan fingerprint density at radius 2 is 1.64 bits per heavy atom. The molecule has 8 nitrogen and oxygen atoms in total. The van der Waals surface area contributed by atoms with E-state index >= 15 is 0 Å². The lowest BCUT2D eigenvalue weighted by Gasteiger charge is -2.36. The molecule has 0 spiro atoms. The van der Waals surface area contributed by atoms with Crippen molar-refractivity contribution in [3.63, 3.8) is 0 Å². The lowest BCUT2D eigenvalue weighted by atomic mass is 10.0. The third-order valence-electron chi connectivity index (χ3n) is 7.93. The van der Waals surface area contributed by atoms with Crippen molar-refractivity contribution in [2.45, 2.75) is 46.8 Å². The van der Waals surface area contributed by atoms with Gasteiger partial charge < -0.3 is 19.5 Å². The highest BCUT2D eigenvalue weighted by molar-refractivity contribution is 5.97. The monoisotopic (exact) mass is 598 g/mol. The Balaban J connectivity index is 1.21. The van der Waals surface area contributed by atoms with E-state index in [2.05, 4.69) is 40.2 Å². The van der Waals surface area contributed by atoms with Gasteiger partial charge in [-0.15, -0.1) is 0 Å². The standard InChI is InChI=1S/C34H36F2N6O2/c1-21-31(22(2)42(39-21)20-23-14-26(35)17-27(36)15-23)30-19-38-32-29(30)16-25(18-37-32)24-6-8-28(9-7-24)40-10-12-41(13-11-40)33(43)44-34(3,4)5/h6-9,14-19H,10-13,20H2,1-5H3,(H,37,38). The van der Waals surface area contributed by atoms with Crippen LogP contribution in [0.3, 0.4) is 0 Å². The molecule has 1 aliphatic rings. The number of hydrogen-bond acceptors (Lipinski definition) is 5. The van der Waals surface area contributed by atoms with Crippen molar-refractivity contribution in [2.75, 3.05) is 31.1 Å². The lowest BCUT2D eigenvalue weighted by Crippen LogP contribution is -2.50. The topological polar surface area (TPSA) is 79.3 Å². The van der Waals surface area contributed by atoms with Crippen LogP contribution in [0.1, 0.15) is 37.7 Å². The molecule has 1 fully saturated rings. The average molecular weight is 599 g/mol. The average Bonchev–Trinajstić information content (AvgIpc) is 3.50. The Hall–Kier alpha value is -4.73. The van der Waals surface area contributed by atoms with Gasteiger partial charge in [0.25, 0.3) is 0 Å². The Kier molecular flexibility index (Phi) is 7.61. The van der Waals surface area contributed by atoms with Gasteiger partial charge in [-0.05, 0) is 76.1 Å². The fraction of sp³-hybridized carbons (Fsp3) is 0.324. The zero-order chi connectivity index (χ0) is 31.2. The van der Waals surface area contributed by atoms with Gasteiger partial charge in [0, 0.05) is 78.1 Å². The number of aromatic nitrogens is 4. The van der Waals surface area contributed by atoms with Crippen LogP contribution in [0, 0.1) is 25.5 Å². The van der Waals surface area contributed by atoms with Crippen LogP contribution in [-0.4, -0.2) is 62.5 Å². The second-order valence-corrected chi connectivity index (χ2v) is 12.3. The van der Waals surface area contributed by atoms with Crippen molar-refractivity contribution >= 4 is 22.8 Å². The molecule has 0 aliphatic carbocycles. The molecule has 0 unspecified atom stereocenters. The Labute approximate surface area is 255 Å². The molecule has 6 rings (SSSR count). The van der Waals surface area contributed by atoms with Crippen molar-refractivity contribution < 1.29 is 18.3 Å². The first kappa shape index (κ1) is 29.3. The van der Waals surface area contributed by atoms with E-state index in [0.717, 1.165) is 69.5 Å². The first-order chi connectivity index (χ1) is 20.9. The molecular formula is C34H36F2N6O2. The first-order valence-electron chi connectivity index (χ1n) is 14.7. The number of ether oxygens (including phenoxy) is 1. The second kappa shape index (κ2) is 11.4. The van der Waals surface area contributed by atoms with E-state index in [-0.39, 0.29) is 12.6 Å². The van der Waals surface area contributed by atoms with Crippen LogP contribution in [-0.2, 0) is 11.3 Å². The van der Waals surface area contributed by atoms with Gasteiger partial charge in [0.2, 0.25) is 0 Å². The summed E-state index contributed by atoms with van der Waals surface area (Å²) in [5.74, 6) is -1.21. The predicted octanol–water partition coefficient (Wildman–Crippen LogP) is 7.09. The number of rotatable bonds is 5. The minimum absolute atomic E-state index is 0.260. The number of benzene rings is 2. The van der Waals surface area contributed by atoms with E-state index < -0.39 is 17.2 Å². The number of anilines is 1. The highest BCUT2D eigenvalue weighted by Gasteiger charge is 2.26. The summed E-state index contributed by atoms with van der Waals surface area (Å²) in [5.41, 5.74) is 7.56. The number of piperazine rings is 1. The molecule has 0 bridgehead atoms. The number of carbonyl (C=O) groups is 1. The molecule has 1 amide bonds. The van der Waals surface area contributed by atoms with Gasteiger partial charge in [-0.25, -0.2) is 18.6 Å². The lowest BCUT2D eigenvalue weighted by molar-refractivity contribution is 0.0240. The van der Waals surface area contributed by atoms with Gasteiger partial charge in [-0.3, -0.25) is 4.68 Å². The van der Waals surface area contributed by atoms with Crippen molar-refractivity contribution in [1.82, 2.24) is 24.6 Å². The van der Waals surface area contributed by atoms with Crippen LogP contribution in [0.5, 0.6) is 0 Å². The molecule has 44 heavy (non-hydrogen) atoms. The predicted molar refractivity (Wildman–Crippen MR) is 168 cm³/mol. The number of fused-ring (bicyclic) bond motifs is 1. The van der Waals surface area contributed by atoms with E-state index in [1.54, 1.807) is 9.58 Å². The highest BCUT2D eigenvalue weighted by Crippen LogP contribution is 2.35. The molecule has 1 aliphatic heterocycles. The van der Waals surface area contributed by atoms with E-state index in [9.17, 15) is 13.6 Å². The number of nitrogens with one attached hydrogen (secondary N) is 1. The van der Waals surface area contributed by atoms with Gasteiger partial charge in [0.15, 0.2) is 0 Å². The molecule has 1 N–H and O–H groups in total. The van der Waals surface area contributed by atoms with Gasteiger partial charge >= 0.3 is 6.09 Å². The zero-order valence-electron chi connectivity index (χ0n) is 25.6. The molecule has 228 valence electrons. The number of halogens is 2. The van der Waals surface area contributed by atoms with Crippen LogP contribution < -0.4 is 4.90 Å². The molecule has 2 aromatic carbocycles. The second-order valence-electron chi connectivity index (χ2n) is 12.3. The Morgan fingerprint density at radius 1 is 0.955 bits per heavy atom. The summed E-state index contributed by atoms with van der Waals surface area (Å²) in [4.78, 5) is 24.4. The molecule has 3 aromatic heterocycles. The van der Waals surface area contributed by atoms with Crippen molar-refractivity contribution in [3.05, 3.63) is 89.5 Å². The number of pyridine rings is 1. The van der Waals surface area contributed by atoms with Crippen molar-refractivity contribution in [2.24, 2.45) is 0 Å². The molecule has 1 saturated heterocycles. The normalized spacial score (nSPS) is 14.0. The van der Waals surface area contributed by atoms with Crippen LogP contribution >= 0.6 is 0 Å². The summed E-state index contributed by atoms with van der Waals surface area (Å²) in [6.07, 6.45) is 3.53.